The molecule has 0 saturated heterocycles. The van der Waals surface area contributed by atoms with Crippen molar-refractivity contribution in [3.63, 3.8) is 0 Å². The largest absolute Gasteiger partial charge is 2.00 e. The van der Waals surface area contributed by atoms with Gasteiger partial charge < -0.3 is 7.96 Å². The Labute approximate surface area is 138 Å². The van der Waals surface area contributed by atoms with Gasteiger partial charge in [0.25, 0.3) is 0 Å². The van der Waals surface area contributed by atoms with Crippen LogP contribution in [0.5, 0.6) is 0 Å². The first-order valence-corrected chi connectivity index (χ1v) is 7.67. The van der Waals surface area contributed by atoms with Gasteiger partial charge in [0.2, 0.25) is 0 Å². The van der Waals surface area contributed by atoms with Crippen molar-refractivity contribution in [1.82, 2.24) is 0 Å². The zero-order valence-electron chi connectivity index (χ0n) is 14.7. The third-order valence-corrected chi connectivity index (χ3v) is 3.23. The molecular weight excluding hydrogens is 248 g/mol. The Bertz CT molecular complexity index is 224. The van der Waals surface area contributed by atoms with Crippen molar-refractivity contribution in [3.05, 3.63) is 12.2 Å². The molecule has 110 valence electrons. The Morgan fingerprint density at radius 3 is 1.74 bits per heavy atom. The minimum Gasteiger partial charge on any atom is -1.00 e. The first-order chi connectivity index (χ1) is 8.77. The van der Waals surface area contributed by atoms with Gasteiger partial charge in [-0.25, -0.2) is 4.79 Å². The molecule has 0 aliphatic carbocycles. The summed E-state index contributed by atoms with van der Waals surface area (Å²) >= 11 is 0. The first kappa shape index (κ1) is 21.3. The van der Waals surface area contributed by atoms with E-state index in [1.807, 2.05) is 0 Å². The Hall–Kier alpha value is -0.0238. The van der Waals surface area contributed by atoms with Crippen LogP contribution in [0, 0.1) is 0 Å². The topological polar surface area (TPSA) is 37.3 Å². The first-order valence-electron chi connectivity index (χ1n) is 7.67. The van der Waals surface area contributed by atoms with Crippen LogP contribution in [-0.4, -0.2) is 34.1 Å². The van der Waals surface area contributed by atoms with Gasteiger partial charge >= 0.3 is 29.0 Å². The summed E-state index contributed by atoms with van der Waals surface area (Å²) in [6.45, 7) is 2.26. The summed E-state index contributed by atoms with van der Waals surface area (Å²) in [6.07, 6.45) is 18.6. The number of unbranched alkanes of at least 4 members (excludes halogenated alkanes) is 11. The SMILES string of the molecule is CCCCCCCCCCCCCC=CC(=O)O.[H-].[H-].[Mg+2]. The third kappa shape index (κ3) is 20.5. The fourth-order valence-electron chi connectivity index (χ4n) is 2.11. The molecule has 0 rings (SSSR count). The van der Waals surface area contributed by atoms with E-state index in [-0.39, 0.29) is 25.9 Å². The maximum atomic E-state index is 10.2. The van der Waals surface area contributed by atoms with Gasteiger partial charge in [-0.15, -0.1) is 0 Å². The fourth-order valence-corrected chi connectivity index (χ4v) is 2.11. The van der Waals surface area contributed by atoms with E-state index in [0.29, 0.717) is 0 Å². The van der Waals surface area contributed by atoms with Gasteiger partial charge in [-0.1, -0.05) is 77.2 Å². The predicted octanol–water partition coefficient (Wildman–Crippen LogP) is 5.17. The average molecular weight is 281 g/mol. The van der Waals surface area contributed by atoms with Crippen LogP contribution in [0.3, 0.4) is 0 Å². The molecular formula is C16H32MgO2. The number of aliphatic carboxylic acids is 1. The molecule has 0 spiro atoms. The molecule has 0 radical (unpaired) electrons. The molecule has 19 heavy (non-hydrogen) atoms. The Balaban J connectivity index is -0.000000482. The van der Waals surface area contributed by atoms with Crippen molar-refractivity contribution in [2.75, 3.05) is 0 Å². The van der Waals surface area contributed by atoms with Crippen LogP contribution in [0.15, 0.2) is 12.2 Å². The van der Waals surface area contributed by atoms with E-state index in [4.69, 9.17) is 5.11 Å². The van der Waals surface area contributed by atoms with E-state index < -0.39 is 5.97 Å². The van der Waals surface area contributed by atoms with Gasteiger partial charge in [0.05, 0.1) is 0 Å². The molecule has 0 amide bonds. The van der Waals surface area contributed by atoms with Crippen LogP contribution in [-0.2, 0) is 4.79 Å². The van der Waals surface area contributed by atoms with E-state index in [2.05, 4.69) is 6.92 Å². The summed E-state index contributed by atoms with van der Waals surface area (Å²) in [4.78, 5) is 10.2. The molecule has 0 aliphatic heterocycles. The molecule has 3 heteroatoms. The normalized spacial score (nSPS) is 10.6. The molecule has 0 aromatic heterocycles. The molecule has 0 bridgehead atoms. The van der Waals surface area contributed by atoms with E-state index in [1.54, 1.807) is 6.08 Å². The van der Waals surface area contributed by atoms with Crippen molar-refractivity contribution in [3.8, 4) is 0 Å². The summed E-state index contributed by atoms with van der Waals surface area (Å²) < 4.78 is 0. The Morgan fingerprint density at radius 1 is 0.895 bits per heavy atom. The quantitative estimate of drug-likeness (QED) is 0.287. The molecule has 0 aliphatic rings. The number of carboxylic acids is 1. The zero-order chi connectivity index (χ0) is 13.5. The van der Waals surface area contributed by atoms with Crippen molar-refractivity contribution < 1.29 is 12.8 Å². The number of hydrogen-bond donors (Lipinski definition) is 1. The molecule has 0 atom stereocenters. The number of carboxylic acid groups (broad SMARTS) is 1. The van der Waals surface area contributed by atoms with Crippen LogP contribution in [0.4, 0.5) is 0 Å². The van der Waals surface area contributed by atoms with Gasteiger partial charge in [-0.3, -0.25) is 0 Å². The van der Waals surface area contributed by atoms with E-state index in [0.717, 1.165) is 12.8 Å². The molecule has 0 aromatic rings. The zero-order valence-corrected chi connectivity index (χ0v) is 14.1. The molecule has 2 nitrogen and oxygen atoms in total. The van der Waals surface area contributed by atoms with Crippen LogP contribution in [0.25, 0.3) is 0 Å². The van der Waals surface area contributed by atoms with Crippen molar-refractivity contribution >= 4 is 29.0 Å². The number of carbonyl (C=O) groups is 1. The van der Waals surface area contributed by atoms with Gasteiger partial charge in [0.15, 0.2) is 0 Å². The summed E-state index contributed by atoms with van der Waals surface area (Å²) in [6, 6.07) is 0. The molecule has 1 N–H and O–H groups in total. The maximum absolute atomic E-state index is 10.2. The number of rotatable bonds is 13. The third-order valence-electron chi connectivity index (χ3n) is 3.23. The van der Waals surface area contributed by atoms with Crippen LogP contribution < -0.4 is 0 Å². The van der Waals surface area contributed by atoms with Crippen LogP contribution >= 0.6 is 0 Å². The Morgan fingerprint density at radius 2 is 1.32 bits per heavy atom. The van der Waals surface area contributed by atoms with Crippen molar-refractivity contribution in [2.24, 2.45) is 0 Å². The van der Waals surface area contributed by atoms with E-state index in [9.17, 15) is 4.79 Å². The summed E-state index contributed by atoms with van der Waals surface area (Å²) in [5.41, 5.74) is 0. The molecule has 0 aromatic carbocycles. The standard InChI is InChI=1S/C16H30O2.Mg.2H/c1-2-3-4-5-6-7-8-9-10-11-12-13-14-15-16(17)18;;;/h14-15H,2-13H2,1H3,(H,17,18);;;/q;+2;2*-1. The van der Waals surface area contributed by atoms with Crippen molar-refractivity contribution in [2.45, 2.75) is 84.0 Å². The predicted molar refractivity (Wildman–Crippen MR) is 85.8 cm³/mol. The summed E-state index contributed by atoms with van der Waals surface area (Å²) in [7, 11) is 0. The second-order valence-corrected chi connectivity index (χ2v) is 5.06. The van der Waals surface area contributed by atoms with Crippen LogP contribution in [0.1, 0.15) is 86.8 Å². The monoisotopic (exact) mass is 280 g/mol. The van der Waals surface area contributed by atoms with Crippen molar-refractivity contribution in [1.29, 1.82) is 0 Å². The second kappa shape index (κ2) is 18.0. The molecule has 0 heterocycles. The fraction of sp³-hybridized carbons (Fsp3) is 0.812. The smallest absolute Gasteiger partial charge is 1.00 e. The Kier molecular flexibility index (Phi) is 20.1. The van der Waals surface area contributed by atoms with E-state index in [1.165, 1.54) is 70.3 Å². The summed E-state index contributed by atoms with van der Waals surface area (Å²) in [5, 5.41) is 8.40. The molecule has 0 fully saturated rings. The average Bonchev–Trinajstić information content (AvgIpc) is 2.34. The van der Waals surface area contributed by atoms with Gasteiger partial charge in [0.1, 0.15) is 0 Å². The molecule has 0 unspecified atom stereocenters. The number of allylic oxidation sites excluding steroid dienone is 1. The van der Waals surface area contributed by atoms with Gasteiger partial charge in [-0.2, -0.15) is 0 Å². The maximum Gasteiger partial charge on any atom is 2.00 e. The van der Waals surface area contributed by atoms with Crippen LogP contribution in [0.2, 0.25) is 0 Å². The van der Waals surface area contributed by atoms with Gasteiger partial charge in [-0.05, 0) is 12.8 Å². The van der Waals surface area contributed by atoms with Gasteiger partial charge in [0, 0.05) is 6.08 Å². The van der Waals surface area contributed by atoms with E-state index >= 15 is 0 Å². The summed E-state index contributed by atoms with van der Waals surface area (Å²) in [5.74, 6) is -0.835. The number of hydrogen-bond acceptors (Lipinski definition) is 1. The minimum atomic E-state index is -0.835. The minimum absolute atomic E-state index is 0. The second-order valence-electron chi connectivity index (χ2n) is 5.06. The molecule has 0 saturated carbocycles.